The summed E-state index contributed by atoms with van der Waals surface area (Å²) in [4.78, 5) is 0. The van der Waals surface area contributed by atoms with E-state index in [4.69, 9.17) is 5.11 Å². The van der Waals surface area contributed by atoms with Crippen molar-refractivity contribution in [2.45, 2.75) is 18.9 Å². The molecule has 2 aliphatic carbocycles. The van der Waals surface area contributed by atoms with Gasteiger partial charge in [-0.05, 0) is 18.8 Å². The fourth-order valence-corrected chi connectivity index (χ4v) is 1.69. The minimum absolute atomic E-state index is 0.00116. The maximum Gasteiger partial charge on any atom is 0.0608 e. The van der Waals surface area contributed by atoms with E-state index in [1.165, 1.54) is 6.42 Å². The van der Waals surface area contributed by atoms with Crippen LogP contribution in [0.5, 0.6) is 0 Å². The zero-order valence-corrected chi connectivity index (χ0v) is 4.75. The highest BCUT2D eigenvalue weighted by Crippen LogP contribution is 2.42. The van der Waals surface area contributed by atoms with Gasteiger partial charge in [0.1, 0.15) is 0 Å². The third-order valence-corrected chi connectivity index (χ3v) is 2.33. The summed E-state index contributed by atoms with van der Waals surface area (Å²) in [5.41, 5.74) is 0. The molecule has 1 fully saturated rings. The van der Waals surface area contributed by atoms with E-state index < -0.39 is 0 Å². The van der Waals surface area contributed by atoms with E-state index in [9.17, 15) is 0 Å². The second kappa shape index (κ2) is 1.35. The fourth-order valence-electron chi connectivity index (χ4n) is 1.69. The van der Waals surface area contributed by atoms with Gasteiger partial charge in [-0.3, -0.25) is 0 Å². The molecule has 1 heteroatoms. The average Bonchev–Trinajstić information content (AvgIpc) is 2.09. The van der Waals surface area contributed by atoms with Crippen LogP contribution in [0.15, 0.2) is 12.2 Å². The Morgan fingerprint density at radius 3 is 2.88 bits per heavy atom. The van der Waals surface area contributed by atoms with Gasteiger partial charge < -0.3 is 5.11 Å². The first-order chi connectivity index (χ1) is 3.88. The molecule has 3 atom stereocenters. The van der Waals surface area contributed by atoms with Crippen molar-refractivity contribution in [3.8, 4) is 0 Å². The number of aliphatic hydroxyl groups is 1. The molecular weight excluding hydrogens is 100 g/mol. The Bertz CT molecular complexity index is 128. The minimum atomic E-state index is -0.00116. The van der Waals surface area contributed by atoms with Crippen molar-refractivity contribution >= 4 is 0 Å². The molecule has 0 aromatic rings. The van der Waals surface area contributed by atoms with Crippen molar-refractivity contribution in [2.24, 2.45) is 11.8 Å². The summed E-state index contributed by atoms with van der Waals surface area (Å²) in [6.07, 6.45) is 6.59. The Balaban J connectivity index is 2.10. The quantitative estimate of drug-likeness (QED) is 0.460. The van der Waals surface area contributed by atoms with Crippen LogP contribution >= 0.6 is 0 Å². The monoisotopic (exact) mass is 110 g/mol. The summed E-state index contributed by atoms with van der Waals surface area (Å²) in [6.45, 7) is 0. The fraction of sp³-hybridized carbons (Fsp3) is 0.714. The molecule has 0 heterocycles. The number of rotatable bonds is 0. The standard InChI is InChI=1S/C7H10O/c8-7-4-5-2-1-3-6(5)7/h1,3,5-8H,2,4H2. The van der Waals surface area contributed by atoms with E-state index >= 15 is 0 Å². The summed E-state index contributed by atoms with van der Waals surface area (Å²) in [5.74, 6) is 1.35. The average molecular weight is 110 g/mol. The molecule has 2 aliphatic rings. The normalized spacial score (nSPS) is 50.9. The highest BCUT2D eigenvalue weighted by molar-refractivity contribution is 5.10. The van der Waals surface area contributed by atoms with Gasteiger partial charge in [-0.25, -0.2) is 0 Å². The van der Waals surface area contributed by atoms with E-state index in [-0.39, 0.29) is 6.10 Å². The van der Waals surface area contributed by atoms with Crippen molar-refractivity contribution in [1.29, 1.82) is 0 Å². The van der Waals surface area contributed by atoms with Crippen LogP contribution in [0, 0.1) is 11.8 Å². The maximum atomic E-state index is 9.07. The second-order valence-corrected chi connectivity index (χ2v) is 2.80. The number of allylic oxidation sites excluding steroid dienone is 1. The Kier molecular flexibility index (Phi) is 0.770. The summed E-state index contributed by atoms with van der Waals surface area (Å²) >= 11 is 0. The third-order valence-electron chi connectivity index (χ3n) is 2.33. The number of aliphatic hydroxyl groups excluding tert-OH is 1. The van der Waals surface area contributed by atoms with Gasteiger partial charge in [0, 0.05) is 5.92 Å². The smallest absolute Gasteiger partial charge is 0.0608 e. The van der Waals surface area contributed by atoms with Crippen molar-refractivity contribution in [3.05, 3.63) is 12.2 Å². The molecule has 1 N–H and O–H groups in total. The first kappa shape index (κ1) is 4.57. The molecule has 0 spiro atoms. The predicted octanol–water partition coefficient (Wildman–Crippen LogP) is 0.943. The van der Waals surface area contributed by atoms with Crippen LogP contribution < -0.4 is 0 Å². The third kappa shape index (κ3) is 0.402. The van der Waals surface area contributed by atoms with E-state index in [0.717, 1.165) is 12.3 Å². The maximum absolute atomic E-state index is 9.07. The van der Waals surface area contributed by atoms with Gasteiger partial charge >= 0.3 is 0 Å². The highest BCUT2D eigenvalue weighted by Gasteiger charge is 2.39. The van der Waals surface area contributed by atoms with Crippen molar-refractivity contribution in [1.82, 2.24) is 0 Å². The molecule has 0 bridgehead atoms. The van der Waals surface area contributed by atoms with Gasteiger partial charge in [0.25, 0.3) is 0 Å². The Morgan fingerprint density at radius 1 is 1.50 bits per heavy atom. The van der Waals surface area contributed by atoms with Crippen LogP contribution in [0.25, 0.3) is 0 Å². The number of hydrogen-bond donors (Lipinski definition) is 1. The van der Waals surface area contributed by atoms with E-state index in [0.29, 0.717) is 5.92 Å². The molecule has 0 aromatic carbocycles. The molecule has 0 amide bonds. The van der Waals surface area contributed by atoms with E-state index in [1.807, 2.05) is 0 Å². The number of hydrogen-bond acceptors (Lipinski definition) is 1. The summed E-state index contributed by atoms with van der Waals surface area (Å²) < 4.78 is 0. The van der Waals surface area contributed by atoms with Crippen molar-refractivity contribution in [3.63, 3.8) is 0 Å². The Labute approximate surface area is 49.0 Å². The van der Waals surface area contributed by atoms with Crippen LogP contribution in [-0.2, 0) is 0 Å². The highest BCUT2D eigenvalue weighted by atomic mass is 16.3. The molecule has 1 saturated carbocycles. The van der Waals surface area contributed by atoms with Gasteiger partial charge in [-0.2, -0.15) is 0 Å². The molecule has 0 aromatic heterocycles. The zero-order valence-electron chi connectivity index (χ0n) is 4.75. The molecule has 2 rings (SSSR count). The summed E-state index contributed by atoms with van der Waals surface area (Å²) in [6, 6.07) is 0. The second-order valence-electron chi connectivity index (χ2n) is 2.80. The van der Waals surface area contributed by atoms with E-state index in [1.54, 1.807) is 0 Å². The van der Waals surface area contributed by atoms with Crippen LogP contribution in [0.2, 0.25) is 0 Å². The first-order valence-corrected chi connectivity index (χ1v) is 3.22. The largest absolute Gasteiger partial charge is 0.392 e. The lowest BCUT2D eigenvalue weighted by Crippen LogP contribution is -2.37. The molecular formula is C7H10O. The molecule has 3 unspecified atom stereocenters. The van der Waals surface area contributed by atoms with Gasteiger partial charge in [0.15, 0.2) is 0 Å². The summed E-state index contributed by atoms with van der Waals surface area (Å²) in [5, 5.41) is 9.07. The van der Waals surface area contributed by atoms with Gasteiger partial charge in [0.05, 0.1) is 6.10 Å². The van der Waals surface area contributed by atoms with Gasteiger partial charge in [-0.1, -0.05) is 12.2 Å². The topological polar surface area (TPSA) is 20.2 Å². The summed E-state index contributed by atoms with van der Waals surface area (Å²) in [7, 11) is 0. The minimum Gasteiger partial charge on any atom is -0.392 e. The Morgan fingerprint density at radius 2 is 2.38 bits per heavy atom. The molecule has 0 radical (unpaired) electrons. The lowest BCUT2D eigenvalue weighted by molar-refractivity contribution is 0.00252. The molecule has 44 valence electrons. The Hall–Kier alpha value is -0.300. The number of fused-ring (bicyclic) bond motifs is 1. The SMILES string of the molecule is OC1CC2CC=CC12. The van der Waals surface area contributed by atoms with Gasteiger partial charge in [-0.15, -0.1) is 0 Å². The van der Waals surface area contributed by atoms with Gasteiger partial charge in [0.2, 0.25) is 0 Å². The molecule has 0 saturated heterocycles. The lowest BCUT2D eigenvalue weighted by atomic mass is 9.73. The zero-order chi connectivity index (χ0) is 5.56. The van der Waals surface area contributed by atoms with Crippen molar-refractivity contribution in [2.75, 3.05) is 0 Å². The molecule has 8 heavy (non-hydrogen) atoms. The van der Waals surface area contributed by atoms with Crippen molar-refractivity contribution < 1.29 is 5.11 Å². The molecule has 1 nitrogen and oxygen atoms in total. The van der Waals surface area contributed by atoms with Crippen LogP contribution in [-0.4, -0.2) is 11.2 Å². The van der Waals surface area contributed by atoms with E-state index in [2.05, 4.69) is 12.2 Å². The lowest BCUT2D eigenvalue weighted by Gasteiger charge is -2.35. The van der Waals surface area contributed by atoms with Crippen LogP contribution in [0.4, 0.5) is 0 Å². The van der Waals surface area contributed by atoms with Crippen LogP contribution in [0.3, 0.4) is 0 Å². The predicted molar refractivity (Wildman–Crippen MR) is 31.4 cm³/mol. The molecule has 0 aliphatic heterocycles. The van der Waals surface area contributed by atoms with Crippen LogP contribution in [0.1, 0.15) is 12.8 Å². The first-order valence-electron chi connectivity index (χ1n) is 3.22.